The second-order valence-corrected chi connectivity index (χ2v) is 9.55. The molecule has 0 radical (unpaired) electrons. The summed E-state index contributed by atoms with van der Waals surface area (Å²) in [5.41, 5.74) is -0.506. The van der Waals surface area contributed by atoms with Crippen LogP contribution in [0.5, 0.6) is 0 Å². The lowest BCUT2D eigenvalue weighted by molar-refractivity contribution is 0.0341. The lowest BCUT2D eigenvalue weighted by Crippen LogP contribution is -2.48. The predicted molar refractivity (Wildman–Crippen MR) is 107 cm³/mol. The van der Waals surface area contributed by atoms with E-state index in [-0.39, 0.29) is 16.4 Å². The smallest absolute Gasteiger partial charge is 0.444 e. The standard InChI is InChI=1S/C19H22BFN2O4S/c1-18(2,3)27-17(24)23-16-11(8-22)14-13(28-16)7-6-12(21)15(14)20-25-9-19(4,5)10-26-20/h6-7H,9-10H2,1-5H3,(H,23,24). The third-order valence-corrected chi connectivity index (χ3v) is 5.13. The van der Waals surface area contributed by atoms with Gasteiger partial charge in [0, 0.05) is 34.2 Å². The fourth-order valence-electron chi connectivity index (χ4n) is 2.87. The minimum absolute atomic E-state index is 0.164. The Bertz CT molecular complexity index is 951. The third-order valence-electron chi connectivity index (χ3n) is 4.06. The van der Waals surface area contributed by atoms with Gasteiger partial charge in [0.05, 0.1) is 5.56 Å². The summed E-state index contributed by atoms with van der Waals surface area (Å²) in [6, 6.07) is 4.97. The number of hydrogen-bond acceptors (Lipinski definition) is 6. The Morgan fingerprint density at radius 1 is 1.36 bits per heavy atom. The molecule has 28 heavy (non-hydrogen) atoms. The molecule has 3 rings (SSSR count). The number of thiophene rings is 1. The van der Waals surface area contributed by atoms with Crippen molar-refractivity contribution in [2.24, 2.45) is 5.41 Å². The fraction of sp³-hybridized carbons (Fsp3) is 0.474. The molecule has 0 unspecified atom stereocenters. The largest absolute Gasteiger partial charge is 0.497 e. The number of rotatable bonds is 2. The van der Waals surface area contributed by atoms with Crippen molar-refractivity contribution in [3.63, 3.8) is 0 Å². The van der Waals surface area contributed by atoms with E-state index in [2.05, 4.69) is 11.4 Å². The Balaban J connectivity index is 2.02. The second kappa shape index (κ2) is 7.35. The first kappa shape index (κ1) is 20.6. The van der Waals surface area contributed by atoms with Crippen LogP contribution in [0.25, 0.3) is 10.1 Å². The van der Waals surface area contributed by atoms with Crippen LogP contribution in [0, 0.1) is 22.6 Å². The van der Waals surface area contributed by atoms with Crippen molar-refractivity contribution in [3.8, 4) is 6.07 Å². The number of fused-ring (bicyclic) bond motifs is 1. The van der Waals surface area contributed by atoms with Crippen LogP contribution < -0.4 is 10.8 Å². The van der Waals surface area contributed by atoms with Gasteiger partial charge in [0.25, 0.3) is 0 Å². The Morgan fingerprint density at radius 3 is 2.57 bits per heavy atom. The van der Waals surface area contributed by atoms with Gasteiger partial charge in [0.1, 0.15) is 22.5 Å². The Morgan fingerprint density at radius 2 is 2.00 bits per heavy atom. The van der Waals surface area contributed by atoms with E-state index in [1.807, 2.05) is 13.8 Å². The number of carbonyl (C=O) groups excluding carboxylic acids is 1. The van der Waals surface area contributed by atoms with Crippen LogP contribution in [0.2, 0.25) is 0 Å². The quantitative estimate of drug-likeness (QED) is 0.765. The van der Waals surface area contributed by atoms with Crippen LogP contribution in [0.15, 0.2) is 12.1 Å². The zero-order valence-electron chi connectivity index (χ0n) is 16.5. The van der Waals surface area contributed by atoms with E-state index in [0.717, 1.165) is 0 Å². The number of carbonyl (C=O) groups is 1. The van der Waals surface area contributed by atoms with Crippen LogP contribution in [-0.2, 0) is 14.0 Å². The molecule has 1 saturated heterocycles. The summed E-state index contributed by atoms with van der Waals surface area (Å²) in [4.78, 5) is 12.1. The van der Waals surface area contributed by atoms with Gasteiger partial charge in [-0.15, -0.1) is 11.3 Å². The van der Waals surface area contributed by atoms with E-state index >= 15 is 0 Å². The number of nitriles is 1. The molecule has 0 atom stereocenters. The van der Waals surface area contributed by atoms with Gasteiger partial charge in [-0.05, 0) is 32.9 Å². The molecule has 1 fully saturated rings. The van der Waals surface area contributed by atoms with Gasteiger partial charge in [0.2, 0.25) is 0 Å². The van der Waals surface area contributed by atoms with Crippen LogP contribution in [0.4, 0.5) is 14.2 Å². The van der Waals surface area contributed by atoms with E-state index < -0.39 is 24.6 Å². The molecule has 1 aromatic heterocycles. The maximum absolute atomic E-state index is 14.7. The van der Waals surface area contributed by atoms with Crippen molar-refractivity contribution in [1.82, 2.24) is 0 Å². The monoisotopic (exact) mass is 404 g/mol. The minimum atomic E-state index is -0.909. The number of hydrogen-bond donors (Lipinski definition) is 1. The predicted octanol–water partition coefficient (Wildman–Crippen LogP) is 4.03. The van der Waals surface area contributed by atoms with Crippen LogP contribution >= 0.6 is 11.3 Å². The average molecular weight is 404 g/mol. The van der Waals surface area contributed by atoms with Crippen molar-refractivity contribution in [2.45, 2.75) is 40.2 Å². The minimum Gasteiger partial charge on any atom is -0.444 e. The molecule has 2 aromatic rings. The molecular formula is C19H22BFN2O4S. The highest BCUT2D eigenvalue weighted by molar-refractivity contribution is 7.23. The van der Waals surface area contributed by atoms with E-state index in [9.17, 15) is 14.4 Å². The Kier molecular flexibility index (Phi) is 5.41. The maximum atomic E-state index is 14.7. The summed E-state index contributed by atoms with van der Waals surface area (Å²) < 4.78 is 32.1. The molecule has 6 nitrogen and oxygen atoms in total. The molecule has 1 aromatic carbocycles. The summed E-state index contributed by atoms with van der Waals surface area (Å²) in [5, 5.41) is 13.0. The molecule has 9 heteroatoms. The topological polar surface area (TPSA) is 80.6 Å². The van der Waals surface area contributed by atoms with Gasteiger partial charge < -0.3 is 14.0 Å². The van der Waals surface area contributed by atoms with Crippen molar-refractivity contribution in [3.05, 3.63) is 23.5 Å². The summed E-state index contributed by atoms with van der Waals surface area (Å²) >= 11 is 1.18. The summed E-state index contributed by atoms with van der Waals surface area (Å²) in [6.45, 7) is 10.0. The number of benzene rings is 1. The van der Waals surface area contributed by atoms with E-state index in [4.69, 9.17) is 14.0 Å². The molecule has 1 aliphatic rings. The third kappa shape index (κ3) is 4.30. The van der Waals surface area contributed by atoms with Gasteiger partial charge >= 0.3 is 13.2 Å². The molecule has 1 N–H and O–H groups in total. The second-order valence-electron chi connectivity index (χ2n) is 8.50. The van der Waals surface area contributed by atoms with Crippen molar-refractivity contribution < 1.29 is 23.2 Å². The number of amides is 1. The Labute approximate surface area is 167 Å². The van der Waals surface area contributed by atoms with Crippen LogP contribution in [0.1, 0.15) is 40.2 Å². The molecule has 2 heterocycles. The number of ether oxygens (including phenoxy) is 1. The van der Waals surface area contributed by atoms with E-state index in [1.165, 1.54) is 17.4 Å². The normalized spacial score (nSPS) is 16.7. The summed E-state index contributed by atoms with van der Waals surface area (Å²) in [7, 11) is -0.909. The summed E-state index contributed by atoms with van der Waals surface area (Å²) in [5.74, 6) is -0.518. The maximum Gasteiger partial charge on any atom is 0.497 e. The molecule has 0 saturated carbocycles. The first-order valence-electron chi connectivity index (χ1n) is 8.89. The molecular weight excluding hydrogens is 382 g/mol. The van der Waals surface area contributed by atoms with Gasteiger partial charge in [0.15, 0.2) is 0 Å². The number of nitrogens with one attached hydrogen (secondary N) is 1. The highest BCUT2D eigenvalue weighted by Gasteiger charge is 2.37. The van der Waals surface area contributed by atoms with E-state index in [0.29, 0.717) is 28.3 Å². The lowest BCUT2D eigenvalue weighted by atomic mass is 9.73. The molecule has 1 amide bonds. The molecule has 0 bridgehead atoms. The van der Waals surface area contributed by atoms with Gasteiger partial charge in [-0.2, -0.15) is 5.26 Å². The summed E-state index contributed by atoms with van der Waals surface area (Å²) in [6.07, 6.45) is -0.676. The molecule has 0 aliphatic carbocycles. The zero-order chi connectivity index (χ0) is 20.7. The molecule has 0 spiro atoms. The van der Waals surface area contributed by atoms with Gasteiger partial charge in [-0.25, -0.2) is 9.18 Å². The number of anilines is 1. The van der Waals surface area contributed by atoms with Gasteiger partial charge in [-0.3, -0.25) is 5.32 Å². The first-order chi connectivity index (χ1) is 13.0. The highest BCUT2D eigenvalue weighted by atomic mass is 32.1. The zero-order valence-corrected chi connectivity index (χ0v) is 17.3. The lowest BCUT2D eigenvalue weighted by Gasteiger charge is -2.33. The molecule has 1 aliphatic heterocycles. The SMILES string of the molecule is CC1(C)COB(c2c(F)ccc3sc(NC(=O)OC(C)(C)C)c(C#N)c23)OC1. The van der Waals surface area contributed by atoms with Crippen molar-refractivity contribution in [2.75, 3.05) is 18.5 Å². The number of nitrogens with zero attached hydrogens (tertiary/aromatic N) is 1. The van der Waals surface area contributed by atoms with Gasteiger partial charge in [-0.1, -0.05) is 13.8 Å². The van der Waals surface area contributed by atoms with Crippen LogP contribution in [-0.4, -0.2) is 32.0 Å². The molecule has 148 valence electrons. The average Bonchev–Trinajstić information content (AvgIpc) is 2.90. The number of halogens is 1. The fourth-order valence-corrected chi connectivity index (χ4v) is 3.93. The Hall–Kier alpha value is -2.15. The van der Waals surface area contributed by atoms with Crippen molar-refractivity contribution in [1.29, 1.82) is 5.26 Å². The van der Waals surface area contributed by atoms with Crippen molar-refractivity contribution >= 4 is 45.1 Å². The van der Waals surface area contributed by atoms with E-state index in [1.54, 1.807) is 26.8 Å². The highest BCUT2D eigenvalue weighted by Crippen LogP contribution is 2.36. The van der Waals surface area contributed by atoms with Crippen LogP contribution in [0.3, 0.4) is 0 Å². The first-order valence-corrected chi connectivity index (χ1v) is 9.70.